The quantitative estimate of drug-likeness (QED) is 0.461. The Balaban J connectivity index is 1.37. The van der Waals surface area contributed by atoms with Crippen LogP contribution in [0, 0.1) is 17.3 Å². The number of halogens is 2. The van der Waals surface area contributed by atoms with Crippen molar-refractivity contribution in [1.29, 1.82) is 0 Å². The smallest absolute Gasteiger partial charge is 0.244 e. The van der Waals surface area contributed by atoms with E-state index in [-0.39, 0.29) is 17.2 Å². The molecule has 0 bridgehead atoms. The Morgan fingerprint density at radius 1 is 1.28 bits per heavy atom. The third kappa shape index (κ3) is 4.29. The summed E-state index contributed by atoms with van der Waals surface area (Å²) in [7, 11) is 0. The van der Waals surface area contributed by atoms with E-state index in [1.54, 1.807) is 18.3 Å². The minimum absolute atomic E-state index is 0.0296. The van der Waals surface area contributed by atoms with Gasteiger partial charge in [0.15, 0.2) is 0 Å². The average Bonchev–Trinajstić information content (AvgIpc) is 3.33. The van der Waals surface area contributed by atoms with Crippen LogP contribution in [0.3, 0.4) is 0 Å². The fourth-order valence-corrected chi connectivity index (χ4v) is 5.06. The molecule has 6 heteroatoms. The lowest BCUT2D eigenvalue weighted by Crippen LogP contribution is -2.22. The van der Waals surface area contributed by atoms with Gasteiger partial charge in [0.25, 0.3) is 0 Å². The molecule has 0 unspecified atom stereocenters. The van der Waals surface area contributed by atoms with Gasteiger partial charge >= 0.3 is 0 Å². The van der Waals surface area contributed by atoms with Crippen LogP contribution >= 0.6 is 23.2 Å². The lowest BCUT2D eigenvalue weighted by atomic mass is 9.90. The molecule has 29 heavy (non-hydrogen) atoms. The van der Waals surface area contributed by atoms with Crippen LogP contribution in [0.4, 0.5) is 0 Å². The molecule has 4 nitrogen and oxygen atoms in total. The SMILES string of the molecule is C[C@]12CCCC[C@@H]1[C@@H]2C(=O)N/N=C\c1ccccc1OCc1ccc(Cl)cc1Cl. The Kier molecular flexibility index (Phi) is 5.84. The van der Waals surface area contributed by atoms with Gasteiger partial charge < -0.3 is 4.74 Å². The second-order valence-electron chi connectivity index (χ2n) is 8.13. The summed E-state index contributed by atoms with van der Waals surface area (Å²) in [4.78, 5) is 12.5. The fraction of sp³-hybridized carbons (Fsp3) is 0.391. The summed E-state index contributed by atoms with van der Waals surface area (Å²) in [5, 5.41) is 5.34. The first kappa shape index (κ1) is 20.2. The number of carbonyl (C=O) groups excluding carboxylic acids is 1. The Morgan fingerprint density at radius 3 is 2.86 bits per heavy atom. The van der Waals surface area contributed by atoms with Crippen LogP contribution in [0.2, 0.25) is 10.0 Å². The monoisotopic (exact) mass is 430 g/mol. The maximum Gasteiger partial charge on any atom is 0.244 e. The van der Waals surface area contributed by atoms with Crippen molar-refractivity contribution in [3.63, 3.8) is 0 Å². The predicted molar refractivity (Wildman–Crippen MR) is 117 cm³/mol. The highest BCUT2D eigenvalue weighted by molar-refractivity contribution is 6.35. The Hall–Kier alpha value is -2.04. The van der Waals surface area contributed by atoms with Gasteiger partial charge in [-0.05, 0) is 48.4 Å². The number of para-hydroxylation sites is 1. The molecular weight excluding hydrogens is 407 g/mol. The number of ether oxygens (including phenoxy) is 1. The fourth-order valence-electron chi connectivity index (χ4n) is 4.60. The number of amides is 1. The first-order valence-electron chi connectivity index (χ1n) is 9.98. The molecule has 0 spiro atoms. The van der Waals surface area contributed by atoms with Crippen molar-refractivity contribution in [1.82, 2.24) is 5.43 Å². The molecule has 2 aromatic rings. The molecule has 152 valence electrons. The molecule has 2 aliphatic carbocycles. The van der Waals surface area contributed by atoms with E-state index >= 15 is 0 Å². The summed E-state index contributed by atoms with van der Waals surface area (Å²) < 4.78 is 5.92. The third-order valence-corrected chi connectivity index (χ3v) is 6.90. The van der Waals surface area contributed by atoms with E-state index in [0.717, 1.165) is 24.0 Å². The molecule has 1 N–H and O–H groups in total. The Morgan fingerprint density at radius 2 is 2.10 bits per heavy atom. The van der Waals surface area contributed by atoms with Gasteiger partial charge in [-0.15, -0.1) is 0 Å². The Labute approximate surface area is 181 Å². The van der Waals surface area contributed by atoms with Gasteiger partial charge in [0.2, 0.25) is 5.91 Å². The van der Waals surface area contributed by atoms with Gasteiger partial charge in [-0.3, -0.25) is 4.79 Å². The van der Waals surface area contributed by atoms with E-state index in [0.29, 0.717) is 28.3 Å². The average molecular weight is 431 g/mol. The highest BCUT2D eigenvalue weighted by Crippen LogP contribution is 2.66. The summed E-state index contributed by atoms with van der Waals surface area (Å²) in [6.45, 7) is 2.55. The number of carbonyl (C=O) groups is 1. The largest absolute Gasteiger partial charge is 0.488 e. The molecule has 2 fully saturated rings. The van der Waals surface area contributed by atoms with E-state index in [1.807, 2.05) is 30.3 Å². The van der Waals surface area contributed by atoms with Crippen molar-refractivity contribution in [3.05, 3.63) is 63.6 Å². The number of hydrogen-bond donors (Lipinski definition) is 1. The second kappa shape index (κ2) is 8.37. The van der Waals surface area contributed by atoms with Gasteiger partial charge in [-0.2, -0.15) is 5.10 Å². The zero-order valence-electron chi connectivity index (χ0n) is 16.3. The van der Waals surface area contributed by atoms with Crippen molar-refractivity contribution in [2.24, 2.45) is 22.4 Å². The van der Waals surface area contributed by atoms with E-state index in [9.17, 15) is 4.79 Å². The van der Waals surface area contributed by atoms with E-state index < -0.39 is 0 Å². The Bertz CT molecular complexity index is 946. The maximum atomic E-state index is 12.5. The number of hydrogen-bond acceptors (Lipinski definition) is 3. The summed E-state index contributed by atoms with van der Waals surface area (Å²) in [5.41, 5.74) is 4.54. The van der Waals surface area contributed by atoms with Crippen molar-refractivity contribution in [3.8, 4) is 5.75 Å². The van der Waals surface area contributed by atoms with E-state index in [2.05, 4.69) is 17.5 Å². The highest BCUT2D eigenvalue weighted by atomic mass is 35.5. The van der Waals surface area contributed by atoms with Crippen LogP contribution in [0.5, 0.6) is 5.75 Å². The molecule has 1 amide bonds. The van der Waals surface area contributed by atoms with Crippen molar-refractivity contribution >= 4 is 35.3 Å². The zero-order chi connectivity index (χ0) is 20.4. The second-order valence-corrected chi connectivity index (χ2v) is 8.98. The summed E-state index contributed by atoms with van der Waals surface area (Å²) >= 11 is 12.2. The molecule has 0 radical (unpaired) electrons. The van der Waals surface area contributed by atoms with Gasteiger partial charge in [-0.1, -0.05) is 61.2 Å². The number of fused-ring (bicyclic) bond motifs is 1. The predicted octanol–water partition coefficient (Wildman–Crippen LogP) is 5.85. The first-order valence-corrected chi connectivity index (χ1v) is 10.7. The van der Waals surface area contributed by atoms with Gasteiger partial charge in [0, 0.05) is 27.1 Å². The molecule has 0 aliphatic heterocycles. The number of nitrogens with zero attached hydrogens (tertiary/aromatic N) is 1. The molecular formula is C23H24Cl2N2O2. The van der Waals surface area contributed by atoms with Crippen LogP contribution in [0.15, 0.2) is 47.6 Å². The normalized spacial score (nSPS) is 25.5. The van der Waals surface area contributed by atoms with Crippen molar-refractivity contribution in [2.75, 3.05) is 0 Å². The summed E-state index contributed by atoms with van der Waals surface area (Å²) in [6, 6.07) is 12.9. The summed E-state index contributed by atoms with van der Waals surface area (Å²) in [6.07, 6.45) is 6.38. The molecule has 2 aliphatic rings. The van der Waals surface area contributed by atoms with Crippen molar-refractivity contribution in [2.45, 2.75) is 39.2 Å². The number of nitrogens with one attached hydrogen (secondary N) is 1. The zero-order valence-corrected chi connectivity index (χ0v) is 17.8. The topological polar surface area (TPSA) is 50.7 Å². The highest BCUT2D eigenvalue weighted by Gasteiger charge is 2.64. The first-order chi connectivity index (χ1) is 14.0. The van der Waals surface area contributed by atoms with Crippen molar-refractivity contribution < 1.29 is 9.53 Å². The minimum Gasteiger partial charge on any atom is -0.488 e. The molecule has 3 atom stereocenters. The molecule has 2 aromatic carbocycles. The third-order valence-electron chi connectivity index (χ3n) is 6.31. The molecule has 0 heterocycles. The lowest BCUT2D eigenvalue weighted by molar-refractivity contribution is -0.123. The summed E-state index contributed by atoms with van der Waals surface area (Å²) in [5.74, 6) is 1.32. The molecule has 4 rings (SSSR count). The number of benzene rings is 2. The van der Waals surface area contributed by atoms with Crippen LogP contribution in [0.25, 0.3) is 0 Å². The van der Waals surface area contributed by atoms with Gasteiger partial charge in [-0.25, -0.2) is 5.43 Å². The van der Waals surface area contributed by atoms with Crippen LogP contribution < -0.4 is 10.2 Å². The number of hydrazone groups is 1. The molecule has 0 aromatic heterocycles. The number of rotatable bonds is 6. The van der Waals surface area contributed by atoms with Crippen LogP contribution in [0.1, 0.15) is 43.7 Å². The van der Waals surface area contributed by atoms with Crippen LogP contribution in [-0.4, -0.2) is 12.1 Å². The minimum atomic E-state index is 0.0296. The standard InChI is InChI=1S/C23H24Cl2N2O2/c1-23-11-5-4-7-18(23)21(23)22(28)27-26-13-15-6-2-3-8-20(15)29-14-16-9-10-17(24)12-19(16)25/h2-3,6,8-10,12-13,18,21H,4-5,7,11,14H2,1H3,(H,27,28)/b26-13-/t18-,21-,23+/m1/s1. The molecule has 0 saturated heterocycles. The van der Waals surface area contributed by atoms with Gasteiger partial charge in [0.05, 0.1) is 6.21 Å². The van der Waals surface area contributed by atoms with Gasteiger partial charge in [0.1, 0.15) is 12.4 Å². The van der Waals surface area contributed by atoms with E-state index in [4.69, 9.17) is 27.9 Å². The van der Waals surface area contributed by atoms with Crippen LogP contribution in [-0.2, 0) is 11.4 Å². The van der Waals surface area contributed by atoms with E-state index in [1.165, 1.54) is 12.8 Å². The molecule has 2 saturated carbocycles. The maximum absolute atomic E-state index is 12.5. The lowest BCUT2D eigenvalue weighted by Gasteiger charge is -2.15.